The molecule has 0 bridgehead atoms. The van der Waals surface area contributed by atoms with E-state index in [1.165, 1.54) is 45.2 Å². The van der Waals surface area contributed by atoms with Crippen LogP contribution in [0.15, 0.2) is 54.6 Å². The van der Waals surface area contributed by atoms with Crippen LogP contribution >= 0.6 is 0 Å². The van der Waals surface area contributed by atoms with E-state index in [2.05, 4.69) is 15.5 Å². The van der Waals surface area contributed by atoms with Gasteiger partial charge in [-0.15, -0.1) is 0 Å². The fourth-order valence-electron chi connectivity index (χ4n) is 4.64. The van der Waals surface area contributed by atoms with E-state index in [0.29, 0.717) is 28.8 Å². The highest BCUT2D eigenvalue weighted by Crippen LogP contribution is 2.30. The number of nitrogens with zero attached hydrogens (tertiary/aromatic N) is 1. The zero-order chi connectivity index (χ0) is 20.1. The quantitative estimate of drug-likeness (QED) is 0.812. The van der Waals surface area contributed by atoms with Gasteiger partial charge in [0.05, 0.1) is 0 Å². The first-order valence-corrected chi connectivity index (χ1v) is 10.7. The average molecular weight is 392 g/mol. The van der Waals surface area contributed by atoms with E-state index in [1.807, 2.05) is 18.2 Å². The molecule has 4 rings (SSSR count). The molecule has 2 aromatic carbocycles. The molecule has 0 saturated carbocycles. The van der Waals surface area contributed by atoms with Crippen molar-refractivity contribution in [2.24, 2.45) is 5.92 Å². The first kappa shape index (κ1) is 19.6. The predicted molar refractivity (Wildman–Crippen MR) is 115 cm³/mol. The number of hydrogen-bond acceptors (Lipinski definition) is 3. The second-order valence-electron chi connectivity index (χ2n) is 8.11. The highest BCUT2D eigenvalue weighted by molar-refractivity contribution is 6.04. The van der Waals surface area contributed by atoms with Gasteiger partial charge >= 0.3 is 0 Å². The van der Waals surface area contributed by atoms with Crippen molar-refractivity contribution in [2.75, 3.05) is 25.0 Å². The van der Waals surface area contributed by atoms with E-state index >= 15 is 0 Å². The van der Waals surface area contributed by atoms with Crippen LogP contribution in [0, 0.1) is 5.92 Å². The molecule has 29 heavy (non-hydrogen) atoms. The van der Waals surface area contributed by atoms with Crippen LogP contribution in [0.4, 0.5) is 5.69 Å². The van der Waals surface area contributed by atoms with Crippen molar-refractivity contribution >= 4 is 17.5 Å². The van der Waals surface area contributed by atoms with E-state index in [-0.39, 0.29) is 11.8 Å². The summed E-state index contributed by atoms with van der Waals surface area (Å²) in [4.78, 5) is 27.4. The topological polar surface area (TPSA) is 61.4 Å². The summed E-state index contributed by atoms with van der Waals surface area (Å²) in [5.74, 6) is 0.355. The summed E-state index contributed by atoms with van der Waals surface area (Å²) in [6.07, 6.45) is 6.31. The van der Waals surface area contributed by atoms with Gasteiger partial charge in [0.1, 0.15) is 0 Å². The van der Waals surface area contributed by atoms with Gasteiger partial charge in [-0.25, -0.2) is 0 Å². The number of piperidine rings is 2. The van der Waals surface area contributed by atoms with E-state index in [0.717, 1.165) is 6.54 Å². The number of carbonyl (C=O) groups is 2. The van der Waals surface area contributed by atoms with Crippen molar-refractivity contribution in [3.8, 4) is 0 Å². The van der Waals surface area contributed by atoms with Gasteiger partial charge in [-0.3, -0.25) is 9.59 Å². The number of hydrogen-bond donors (Lipinski definition) is 2. The first-order valence-electron chi connectivity index (χ1n) is 10.7. The minimum Gasteiger partial charge on any atom is -0.352 e. The van der Waals surface area contributed by atoms with Gasteiger partial charge in [-0.05, 0) is 81.1 Å². The number of benzene rings is 2. The fourth-order valence-corrected chi connectivity index (χ4v) is 4.64. The SMILES string of the molecule is O=C(NCC1CCCN2CCCCC12)c1ccc(NC(=O)c2ccccc2)cc1. The lowest BCUT2D eigenvalue weighted by molar-refractivity contribution is 0.0575. The highest BCUT2D eigenvalue weighted by Gasteiger charge is 2.32. The summed E-state index contributed by atoms with van der Waals surface area (Å²) in [5, 5.41) is 6.00. The maximum Gasteiger partial charge on any atom is 0.255 e. The Kier molecular flexibility index (Phi) is 6.25. The number of rotatable bonds is 5. The fraction of sp³-hybridized carbons (Fsp3) is 0.417. The molecule has 0 aliphatic carbocycles. The van der Waals surface area contributed by atoms with Gasteiger partial charge in [0.15, 0.2) is 0 Å². The van der Waals surface area contributed by atoms with Crippen molar-refractivity contribution in [2.45, 2.75) is 38.1 Å². The number of amides is 2. The Hall–Kier alpha value is -2.66. The van der Waals surface area contributed by atoms with Crippen LogP contribution in [0.1, 0.15) is 52.8 Å². The standard InChI is InChI=1S/C24H29N3O2/c28-23(25-17-20-9-6-16-27-15-5-4-10-22(20)27)19-11-13-21(14-12-19)26-24(29)18-7-2-1-3-8-18/h1-3,7-8,11-14,20,22H,4-6,9-10,15-17H2,(H,25,28)(H,26,29). The Morgan fingerprint density at radius 2 is 1.55 bits per heavy atom. The average Bonchev–Trinajstić information content (AvgIpc) is 2.78. The van der Waals surface area contributed by atoms with Crippen LogP contribution in [-0.4, -0.2) is 42.4 Å². The molecule has 5 heteroatoms. The molecular formula is C24H29N3O2. The summed E-state index contributed by atoms with van der Waals surface area (Å²) in [6, 6.07) is 16.8. The van der Waals surface area contributed by atoms with Crippen molar-refractivity contribution in [1.82, 2.24) is 10.2 Å². The van der Waals surface area contributed by atoms with Gasteiger partial charge in [0.2, 0.25) is 0 Å². The molecule has 2 N–H and O–H groups in total. The highest BCUT2D eigenvalue weighted by atomic mass is 16.2. The summed E-state index contributed by atoms with van der Waals surface area (Å²) in [7, 11) is 0. The maximum absolute atomic E-state index is 12.6. The molecule has 2 heterocycles. The number of fused-ring (bicyclic) bond motifs is 1. The Morgan fingerprint density at radius 3 is 2.34 bits per heavy atom. The summed E-state index contributed by atoms with van der Waals surface area (Å²) < 4.78 is 0. The Bertz CT molecular complexity index is 833. The van der Waals surface area contributed by atoms with Gasteiger partial charge in [-0.2, -0.15) is 0 Å². The third kappa shape index (κ3) is 4.85. The predicted octanol–water partition coefficient (Wildman–Crippen LogP) is 3.93. The molecule has 2 unspecified atom stereocenters. The molecule has 2 saturated heterocycles. The second kappa shape index (κ2) is 9.23. The lowest BCUT2D eigenvalue weighted by Gasteiger charge is -2.44. The van der Waals surface area contributed by atoms with Crippen molar-refractivity contribution < 1.29 is 9.59 Å². The second-order valence-corrected chi connectivity index (χ2v) is 8.11. The zero-order valence-corrected chi connectivity index (χ0v) is 16.8. The maximum atomic E-state index is 12.6. The smallest absolute Gasteiger partial charge is 0.255 e. The zero-order valence-electron chi connectivity index (χ0n) is 16.8. The Balaban J connectivity index is 1.30. The van der Waals surface area contributed by atoms with Gasteiger partial charge in [0.25, 0.3) is 11.8 Å². The number of nitrogens with one attached hydrogen (secondary N) is 2. The lowest BCUT2D eigenvalue weighted by atomic mass is 9.83. The number of anilines is 1. The van der Waals surface area contributed by atoms with Crippen LogP contribution < -0.4 is 10.6 Å². The van der Waals surface area contributed by atoms with Crippen LogP contribution in [-0.2, 0) is 0 Å². The first-order chi connectivity index (χ1) is 14.2. The van der Waals surface area contributed by atoms with Gasteiger partial charge in [0, 0.05) is 29.4 Å². The van der Waals surface area contributed by atoms with Crippen molar-refractivity contribution in [1.29, 1.82) is 0 Å². The molecular weight excluding hydrogens is 362 g/mol. The third-order valence-electron chi connectivity index (χ3n) is 6.19. The number of carbonyl (C=O) groups excluding carboxylic acids is 2. The monoisotopic (exact) mass is 391 g/mol. The van der Waals surface area contributed by atoms with Crippen molar-refractivity contribution in [3.05, 3.63) is 65.7 Å². The van der Waals surface area contributed by atoms with Gasteiger partial charge < -0.3 is 15.5 Å². The van der Waals surface area contributed by atoms with Crippen LogP contribution in [0.25, 0.3) is 0 Å². The largest absolute Gasteiger partial charge is 0.352 e. The Morgan fingerprint density at radius 1 is 0.828 bits per heavy atom. The molecule has 2 fully saturated rings. The molecule has 2 aromatic rings. The molecule has 5 nitrogen and oxygen atoms in total. The van der Waals surface area contributed by atoms with Crippen LogP contribution in [0.5, 0.6) is 0 Å². The van der Waals surface area contributed by atoms with Crippen LogP contribution in [0.2, 0.25) is 0 Å². The molecule has 2 amide bonds. The molecule has 0 radical (unpaired) electrons. The molecule has 2 aliphatic rings. The van der Waals surface area contributed by atoms with Gasteiger partial charge in [-0.1, -0.05) is 24.6 Å². The van der Waals surface area contributed by atoms with E-state index in [9.17, 15) is 9.59 Å². The molecule has 2 atom stereocenters. The summed E-state index contributed by atoms with van der Waals surface area (Å²) in [6.45, 7) is 3.17. The molecule has 0 aromatic heterocycles. The van der Waals surface area contributed by atoms with E-state index in [1.54, 1.807) is 36.4 Å². The van der Waals surface area contributed by atoms with E-state index < -0.39 is 0 Å². The minimum atomic E-state index is -0.155. The molecule has 2 aliphatic heterocycles. The summed E-state index contributed by atoms with van der Waals surface area (Å²) >= 11 is 0. The van der Waals surface area contributed by atoms with Crippen molar-refractivity contribution in [3.63, 3.8) is 0 Å². The van der Waals surface area contributed by atoms with Crippen LogP contribution in [0.3, 0.4) is 0 Å². The minimum absolute atomic E-state index is 0.0427. The Labute approximate surface area is 172 Å². The third-order valence-corrected chi connectivity index (χ3v) is 6.19. The normalized spacial score (nSPS) is 21.8. The summed E-state index contributed by atoms with van der Waals surface area (Å²) in [5.41, 5.74) is 1.91. The molecule has 152 valence electrons. The molecule has 0 spiro atoms. The lowest BCUT2D eigenvalue weighted by Crippen LogP contribution is -2.51. The van der Waals surface area contributed by atoms with E-state index in [4.69, 9.17) is 0 Å².